The van der Waals surface area contributed by atoms with Crippen LogP contribution in [0, 0.1) is 17.2 Å². The second-order valence-corrected chi connectivity index (χ2v) is 4.26. The molecule has 84 valence electrons. The van der Waals surface area contributed by atoms with Gasteiger partial charge in [0.05, 0.1) is 6.07 Å². The highest BCUT2D eigenvalue weighted by atomic mass is 14.2. The van der Waals surface area contributed by atoms with Crippen molar-refractivity contribution in [1.29, 1.82) is 5.26 Å². The predicted octanol–water partition coefficient (Wildman–Crippen LogP) is 4.62. The molecule has 0 N–H and O–H groups in total. The van der Waals surface area contributed by atoms with Gasteiger partial charge in [0.25, 0.3) is 0 Å². The second-order valence-electron chi connectivity index (χ2n) is 4.26. The van der Waals surface area contributed by atoms with E-state index in [2.05, 4.69) is 32.6 Å². The maximum Gasteiger partial charge on any atom is 0.0621 e. The lowest BCUT2D eigenvalue weighted by molar-refractivity contribution is 0.503. The molecule has 0 bridgehead atoms. The minimum Gasteiger partial charge on any atom is -0.198 e. The first kappa shape index (κ1) is 14.0. The lowest BCUT2D eigenvalue weighted by atomic mass is 9.99. The van der Waals surface area contributed by atoms with Crippen LogP contribution in [-0.2, 0) is 0 Å². The van der Waals surface area contributed by atoms with E-state index in [-0.39, 0.29) is 0 Å². The summed E-state index contributed by atoms with van der Waals surface area (Å²) in [6.07, 6.45) is 10.6. The molecule has 0 aliphatic rings. The third kappa shape index (κ3) is 9.28. The molecule has 0 aliphatic carbocycles. The standard InChI is InChI=1S/C14H23N/c1-4-5-8-13(2)9-6-10-14(3)11-7-12-15/h4,9,14H,1,5-8,10-11H2,2-3H3/b13-9+. The molecule has 1 atom stereocenters. The zero-order valence-corrected chi connectivity index (χ0v) is 10.1. The first-order valence-corrected chi connectivity index (χ1v) is 5.84. The third-order valence-electron chi connectivity index (χ3n) is 2.64. The molecule has 0 rings (SSSR count). The molecular weight excluding hydrogens is 182 g/mol. The van der Waals surface area contributed by atoms with Crippen LogP contribution in [0.1, 0.15) is 52.4 Å². The number of rotatable bonds is 8. The van der Waals surface area contributed by atoms with E-state index in [0.717, 1.165) is 25.7 Å². The van der Waals surface area contributed by atoms with Gasteiger partial charge in [-0.1, -0.05) is 24.6 Å². The molecule has 0 aromatic carbocycles. The van der Waals surface area contributed by atoms with Gasteiger partial charge in [0.1, 0.15) is 0 Å². The summed E-state index contributed by atoms with van der Waals surface area (Å²) in [5, 5.41) is 8.45. The van der Waals surface area contributed by atoms with Gasteiger partial charge >= 0.3 is 0 Å². The fourth-order valence-electron chi connectivity index (χ4n) is 1.50. The quantitative estimate of drug-likeness (QED) is 0.530. The largest absolute Gasteiger partial charge is 0.198 e. The predicted molar refractivity (Wildman–Crippen MR) is 66.4 cm³/mol. The third-order valence-corrected chi connectivity index (χ3v) is 2.64. The van der Waals surface area contributed by atoms with Gasteiger partial charge in [-0.05, 0) is 44.9 Å². The Balaban J connectivity index is 3.58. The van der Waals surface area contributed by atoms with Crippen LogP contribution in [0.15, 0.2) is 24.3 Å². The smallest absolute Gasteiger partial charge is 0.0621 e. The van der Waals surface area contributed by atoms with Crippen LogP contribution in [0.2, 0.25) is 0 Å². The maximum atomic E-state index is 8.45. The van der Waals surface area contributed by atoms with Gasteiger partial charge in [-0.25, -0.2) is 0 Å². The maximum absolute atomic E-state index is 8.45. The first-order valence-electron chi connectivity index (χ1n) is 5.84. The van der Waals surface area contributed by atoms with Gasteiger partial charge in [0.15, 0.2) is 0 Å². The second kappa shape index (κ2) is 9.52. The Morgan fingerprint density at radius 1 is 1.40 bits per heavy atom. The van der Waals surface area contributed by atoms with E-state index in [1.165, 1.54) is 12.0 Å². The highest BCUT2D eigenvalue weighted by Crippen LogP contribution is 2.14. The molecule has 1 heteroatoms. The van der Waals surface area contributed by atoms with Crippen LogP contribution in [0.4, 0.5) is 0 Å². The summed E-state index contributed by atoms with van der Waals surface area (Å²) in [5.74, 6) is 0.674. The molecule has 0 radical (unpaired) electrons. The number of hydrogen-bond donors (Lipinski definition) is 0. The van der Waals surface area contributed by atoms with Crippen LogP contribution < -0.4 is 0 Å². The lowest BCUT2D eigenvalue weighted by Crippen LogP contribution is -1.93. The fourth-order valence-corrected chi connectivity index (χ4v) is 1.50. The number of nitrogens with zero attached hydrogens (tertiary/aromatic N) is 1. The molecule has 0 fully saturated rings. The summed E-state index contributed by atoms with van der Waals surface area (Å²) in [6.45, 7) is 8.13. The molecule has 0 aromatic heterocycles. The van der Waals surface area contributed by atoms with Crippen molar-refractivity contribution < 1.29 is 0 Å². The van der Waals surface area contributed by atoms with E-state index in [0.29, 0.717) is 12.3 Å². The molecule has 15 heavy (non-hydrogen) atoms. The van der Waals surface area contributed by atoms with Crippen LogP contribution >= 0.6 is 0 Å². The van der Waals surface area contributed by atoms with Crippen molar-refractivity contribution in [2.45, 2.75) is 52.4 Å². The summed E-state index contributed by atoms with van der Waals surface area (Å²) in [4.78, 5) is 0. The molecule has 0 spiro atoms. The summed E-state index contributed by atoms with van der Waals surface area (Å²) in [5.41, 5.74) is 1.46. The van der Waals surface area contributed by atoms with Crippen LogP contribution in [0.25, 0.3) is 0 Å². The van der Waals surface area contributed by atoms with Gasteiger partial charge < -0.3 is 0 Å². The van der Waals surface area contributed by atoms with Crippen LogP contribution in [0.5, 0.6) is 0 Å². The van der Waals surface area contributed by atoms with Gasteiger partial charge in [0, 0.05) is 6.42 Å². The van der Waals surface area contributed by atoms with Gasteiger partial charge in [-0.15, -0.1) is 6.58 Å². The highest BCUT2D eigenvalue weighted by molar-refractivity contribution is 4.99. The van der Waals surface area contributed by atoms with Gasteiger partial charge in [-0.2, -0.15) is 5.26 Å². The molecule has 0 amide bonds. The Labute approximate surface area is 94.5 Å². The molecule has 0 aliphatic heterocycles. The normalized spacial score (nSPS) is 13.3. The lowest BCUT2D eigenvalue weighted by Gasteiger charge is -2.07. The van der Waals surface area contributed by atoms with E-state index >= 15 is 0 Å². The van der Waals surface area contributed by atoms with Crippen molar-refractivity contribution in [3.8, 4) is 6.07 Å². The number of hydrogen-bond acceptors (Lipinski definition) is 1. The summed E-state index contributed by atoms with van der Waals surface area (Å²) < 4.78 is 0. The van der Waals surface area contributed by atoms with E-state index in [1.54, 1.807) is 0 Å². The molecule has 0 saturated heterocycles. The van der Waals surface area contributed by atoms with E-state index in [1.807, 2.05) is 6.08 Å². The van der Waals surface area contributed by atoms with Crippen molar-refractivity contribution in [3.05, 3.63) is 24.3 Å². The average Bonchev–Trinajstić information content (AvgIpc) is 2.23. The Kier molecular flexibility index (Phi) is 8.87. The van der Waals surface area contributed by atoms with Crippen molar-refractivity contribution in [2.75, 3.05) is 0 Å². The fraction of sp³-hybridized carbons (Fsp3) is 0.643. The minimum absolute atomic E-state index is 0.674. The van der Waals surface area contributed by atoms with Crippen LogP contribution in [-0.4, -0.2) is 0 Å². The van der Waals surface area contributed by atoms with Crippen molar-refractivity contribution in [2.24, 2.45) is 5.92 Å². The summed E-state index contributed by atoms with van der Waals surface area (Å²) in [7, 11) is 0. The average molecular weight is 205 g/mol. The Hall–Kier alpha value is -1.03. The summed E-state index contributed by atoms with van der Waals surface area (Å²) in [6, 6.07) is 2.20. The Bertz CT molecular complexity index is 232. The van der Waals surface area contributed by atoms with Crippen molar-refractivity contribution >= 4 is 0 Å². The zero-order chi connectivity index (χ0) is 11.5. The van der Waals surface area contributed by atoms with E-state index in [4.69, 9.17) is 5.26 Å². The molecule has 1 unspecified atom stereocenters. The molecular formula is C14H23N. The number of allylic oxidation sites excluding steroid dienone is 3. The van der Waals surface area contributed by atoms with Crippen molar-refractivity contribution in [1.82, 2.24) is 0 Å². The minimum atomic E-state index is 0.674. The highest BCUT2D eigenvalue weighted by Gasteiger charge is 1.99. The van der Waals surface area contributed by atoms with E-state index < -0.39 is 0 Å². The van der Waals surface area contributed by atoms with Gasteiger partial charge in [-0.3, -0.25) is 0 Å². The van der Waals surface area contributed by atoms with Gasteiger partial charge in [0.2, 0.25) is 0 Å². The van der Waals surface area contributed by atoms with E-state index in [9.17, 15) is 0 Å². The molecule has 1 nitrogen and oxygen atoms in total. The SMILES string of the molecule is C=CCC/C(C)=C/CCC(C)CCC#N. The zero-order valence-electron chi connectivity index (χ0n) is 10.1. The molecule has 0 aromatic rings. The molecule has 0 heterocycles. The topological polar surface area (TPSA) is 23.8 Å². The monoisotopic (exact) mass is 205 g/mol. The van der Waals surface area contributed by atoms with Crippen molar-refractivity contribution in [3.63, 3.8) is 0 Å². The summed E-state index contributed by atoms with van der Waals surface area (Å²) >= 11 is 0. The Morgan fingerprint density at radius 2 is 2.13 bits per heavy atom. The molecule has 0 saturated carbocycles. The first-order chi connectivity index (χ1) is 7.20. The Morgan fingerprint density at radius 3 is 2.73 bits per heavy atom. The number of nitriles is 1. The van der Waals surface area contributed by atoms with Crippen LogP contribution in [0.3, 0.4) is 0 Å².